The lowest BCUT2D eigenvalue weighted by molar-refractivity contribution is -0.121. The summed E-state index contributed by atoms with van der Waals surface area (Å²) in [6.07, 6.45) is 2.22. The van der Waals surface area contributed by atoms with Gasteiger partial charge in [0.2, 0.25) is 5.91 Å². The highest BCUT2D eigenvalue weighted by Crippen LogP contribution is 2.22. The van der Waals surface area contributed by atoms with E-state index in [0.29, 0.717) is 17.7 Å². The number of amides is 2. The SMILES string of the molecule is Cc1occc1C(=O)NNC(=O)CCc1nc2ccccc2s1. The fourth-order valence-electron chi connectivity index (χ4n) is 2.12. The fraction of sp³-hybridized carbons (Fsp3) is 0.188. The second-order valence-electron chi connectivity index (χ2n) is 4.97. The molecule has 0 saturated carbocycles. The monoisotopic (exact) mass is 329 g/mol. The summed E-state index contributed by atoms with van der Waals surface area (Å²) in [6, 6.07) is 9.40. The Hall–Kier alpha value is -2.67. The molecule has 0 saturated heterocycles. The van der Waals surface area contributed by atoms with Gasteiger partial charge in [-0.05, 0) is 25.1 Å². The summed E-state index contributed by atoms with van der Waals surface area (Å²) in [4.78, 5) is 28.1. The molecule has 2 aromatic heterocycles. The van der Waals surface area contributed by atoms with E-state index >= 15 is 0 Å². The molecule has 23 heavy (non-hydrogen) atoms. The first-order valence-corrected chi connectivity index (χ1v) is 7.93. The minimum absolute atomic E-state index is 0.254. The Balaban J connectivity index is 1.50. The Morgan fingerprint density at radius 1 is 1.22 bits per heavy atom. The van der Waals surface area contributed by atoms with E-state index < -0.39 is 5.91 Å². The smallest absolute Gasteiger partial charge is 0.273 e. The van der Waals surface area contributed by atoms with Gasteiger partial charge in [-0.2, -0.15) is 0 Å². The van der Waals surface area contributed by atoms with Crippen molar-refractivity contribution < 1.29 is 14.0 Å². The highest BCUT2D eigenvalue weighted by atomic mass is 32.1. The zero-order valence-corrected chi connectivity index (χ0v) is 13.3. The summed E-state index contributed by atoms with van der Waals surface area (Å²) in [7, 11) is 0. The molecule has 0 spiro atoms. The van der Waals surface area contributed by atoms with Crippen molar-refractivity contribution in [1.29, 1.82) is 0 Å². The van der Waals surface area contributed by atoms with Crippen LogP contribution in [0.2, 0.25) is 0 Å². The van der Waals surface area contributed by atoms with E-state index in [9.17, 15) is 9.59 Å². The molecule has 118 valence electrons. The van der Waals surface area contributed by atoms with Gasteiger partial charge in [0, 0.05) is 12.8 Å². The van der Waals surface area contributed by atoms with Gasteiger partial charge in [-0.1, -0.05) is 12.1 Å². The molecule has 0 bridgehead atoms. The standard InChI is InChI=1S/C16H15N3O3S/c1-10-11(8-9-22-10)16(21)19-18-14(20)6-7-15-17-12-4-2-3-5-13(12)23-15/h2-5,8-9H,6-7H2,1H3,(H,18,20)(H,19,21). The maximum absolute atomic E-state index is 11.8. The van der Waals surface area contributed by atoms with Gasteiger partial charge < -0.3 is 4.42 Å². The number of rotatable bonds is 4. The predicted molar refractivity (Wildman–Crippen MR) is 87.0 cm³/mol. The molecule has 6 nitrogen and oxygen atoms in total. The summed E-state index contributed by atoms with van der Waals surface area (Å²) in [5.74, 6) is -0.158. The van der Waals surface area contributed by atoms with E-state index in [4.69, 9.17) is 4.42 Å². The first-order valence-electron chi connectivity index (χ1n) is 7.11. The van der Waals surface area contributed by atoms with E-state index in [1.807, 2.05) is 24.3 Å². The topological polar surface area (TPSA) is 84.2 Å². The molecular weight excluding hydrogens is 314 g/mol. The number of fused-ring (bicyclic) bond motifs is 1. The van der Waals surface area contributed by atoms with Gasteiger partial charge >= 0.3 is 0 Å². The third kappa shape index (κ3) is 3.57. The van der Waals surface area contributed by atoms with Crippen molar-refractivity contribution in [2.24, 2.45) is 0 Å². The second-order valence-corrected chi connectivity index (χ2v) is 6.08. The van der Waals surface area contributed by atoms with Crippen LogP contribution in [0.15, 0.2) is 41.0 Å². The largest absolute Gasteiger partial charge is 0.469 e. The van der Waals surface area contributed by atoms with Crippen LogP contribution in [0.4, 0.5) is 0 Å². The molecule has 7 heteroatoms. The predicted octanol–water partition coefficient (Wildman–Crippen LogP) is 2.59. The Morgan fingerprint density at radius 3 is 2.78 bits per heavy atom. The van der Waals surface area contributed by atoms with Crippen LogP contribution in [0.25, 0.3) is 10.2 Å². The van der Waals surface area contributed by atoms with Crippen molar-refractivity contribution in [2.75, 3.05) is 0 Å². The van der Waals surface area contributed by atoms with Gasteiger partial charge in [0.05, 0.1) is 27.1 Å². The number of thiazole rings is 1. The zero-order valence-electron chi connectivity index (χ0n) is 12.5. The van der Waals surface area contributed by atoms with Crippen LogP contribution in [0, 0.1) is 6.92 Å². The number of aryl methyl sites for hydroxylation is 2. The van der Waals surface area contributed by atoms with Crippen molar-refractivity contribution in [3.05, 3.63) is 52.9 Å². The maximum Gasteiger partial charge on any atom is 0.273 e. The molecule has 2 N–H and O–H groups in total. The van der Waals surface area contributed by atoms with Crippen molar-refractivity contribution in [2.45, 2.75) is 19.8 Å². The number of hydrogen-bond donors (Lipinski definition) is 2. The molecular formula is C16H15N3O3S. The molecule has 0 atom stereocenters. The number of para-hydroxylation sites is 1. The molecule has 0 fully saturated rings. The molecule has 1 aromatic carbocycles. The van der Waals surface area contributed by atoms with E-state index in [2.05, 4.69) is 15.8 Å². The van der Waals surface area contributed by atoms with Crippen LogP contribution in [0.5, 0.6) is 0 Å². The third-order valence-electron chi connectivity index (χ3n) is 3.32. The van der Waals surface area contributed by atoms with Gasteiger partial charge in [0.1, 0.15) is 5.76 Å². The van der Waals surface area contributed by atoms with E-state index in [1.54, 1.807) is 24.3 Å². The first kappa shape index (κ1) is 15.2. The number of carbonyl (C=O) groups is 2. The van der Waals surface area contributed by atoms with Gasteiger partial charge in [-0.25, -0.2) is 4.98 Å². The highest BCUT2D eigenvalue weighted by Gasteiger charge is 2.12. The van der Waals surface area contributed by atoms with E-state index in [1.165, 1.54) is 6.26 Å². The number of furan rings is 1. The van der Waals surface area contributed by atoms with Gasteiger partial charge in [0.25, 0.3) is 5.91 Å². The van der Waals surface area contributed by atoms with Gasteiger partial charge in [-0.3, -0.25) is 20.4 Å². The van der Waals surface area contributed by atoms with Crippen molar-refractivity contribution in [3.8, 4) is 0 Å². The lowest BCUT2D eigenvalue weighted by Crippen LogP contribution is -2.41. The fourth-order valence-corrected chi connectivity index (χ4v) is 3.09. The van der Waals surface area contributed by atoms with Crippen LogP contribution < -0.4 is 10.9 Å². The van der Waals surface area contributed by atoms with Gasteiger partial charge in [-0.15, -0.1) is 11.3 Å². The first-order chi connectivity index (χ1) is 11.1. The Bertz CT molecular complexity index is 820. The molecule has 0 radical (unpaired) electrons. The Morgan fingerprint density at radius 2 is 2.04 bits per heavy atom. The quantitative estimate of drug-likeness (QED) is 0.721. The summed E-state index contributed by atoms with van der Waals surface area (Å²) in [5.41, 5.74) is 6.11. The number of nitrogens with zero attached hydrogens (tertiary/aromatic N) is 1. The number of hydrazine groups is 1. The molecule has 3 aromatic rings. The van der Waals surface area contributed by atoms with Crippen LogP contribution in [0.1, 0.15) is 27.5 Å². The highest BCUT2D eigenvalue weighted by molar-refractivity contribution is 7.18. The summed E-state index contributed by atoms with van der Waals surface area (Å²) in [6.45, 7) is 1.68. The number of aromatic nitrogens is 1. The lowest BCUT2D eigenvalue weighted by atomic mass is 10.2. The minimum Gasteiger partial charge on any atom is -0.469 e. The Kier molecular flexibility index (Phi) is 4.38. The lowest BCUT2D eigenvalue weighted by Gasteiger charge is -2.05. The summed E-state index contributed by atoms with van der Waals surface area (Å²) in [5, 5.41) is 0.901. The normalized spacial score (nSPS) is 10.7. The van der Waals surface area contributed by atoms with Crippen LogP contribution in [-0.4, -0.2) is 16.8 Å². The molecule has 0 aliphatic rings. The summed E-state index contributed by atoms with van der Waals surface area (Å²) >= 11 is 1.57. The van der Waals surface area contributed by atoms with E-state index in [0.717, 1.165) is 15.2 Å². The molecule has 0 aliphatic carbocycles. The average Bonchev–Trinajstić information content (AvgIpc) is 3.16. The van der Waals surface area contributed by atoms with Crippen LogP contribution in [0.3, 0.4) is 0 Å². The second kappa shape index (κ2) is 6.62. The van der Waals surface area contributed by atoms with Crippen LogP contribution in [-0.2, 0) is 11.2 Å². The number of nitrogens with one attached hydrogen (secondary N) is 2. The van der Waals surface area contributed by atoms with Crippen molar-refractivity contribution in [1.82, 2.24) is 15.8 Å². The maximum atomic E-state index is 11.8. The molecule has 3 rings (SSSR count). The number of carbonyl (C=O) groups excluding carboxylic acids is 2. The van der Waals surface area contributed by atoms with Crippen molar-refractivity contribution >= 4 is 33.4 Å². The molecule has 2 heterocycles. The number of hydrogen-bond acceptors (Lipinski definition) is 5. The Labute approximate surface area is 136 Å². The van der Waals surface area contributed by atoms with Gasteiger partial charge in [0.15, 0.2) is 0 Å². The molecule has 0 unspecified atom stereocenters. The zero-order chi connectivity index (χ0) is 16.2. The van der Waals surface area contributed by atoms with E-state index in [-0.39, 0.29) is 12.3 Å². The van der Waals surface area contributed by atoms with Crippen LogP contribution >= 0.6 is 11.3 Å². The van der Waals surface area contributed by atoms with Crippen molar-refractivity contribution in [3.63, 3.8) is 0 Å². The minimum atomic E-state index is -0.399. The molecule has 0 aliphatic heterocycles. The molecule has 2 amide bonds. The third-order valence-corrected chi connectivity index (χ3v) is 4.42. The number of benzene rings is 1. The summed E-state index contributed by atoms with van der Waals surface area (Å²) < 4.78 is 6.15. The average molecular weight is 329 g/mol.